The molecular weight excluding hydrogens is 166 g/mol. The van der Waals surface area contributed by atoms with Crippen molar-refractivity contribution in [1.82, 2.24) is 15.3 Å². The lowest BCUT2D eigenvalue weighted by Gasteiger charge is -1.85. The second-order valence-corrected chi connectivity index (χ2v) is 2.59. The number of imidazole rings is 1. The van der Waals surface area contributed by atoms with Crippen molar-refractivity contribution in [3.63, 3.8) is 0 Å². The number of aromatic amines is 1. The van der Waals surface area contributed by atoms with Crippen molar-refractivity contribution >= 4 is 6.34 Å². The minimum atomic E-state index is 0.671. The molecule has 0 saturated carbocycles. The quantitative estimate of drug-likeness (QED) is 0.577. The molecule has 5 heteroatoms. The highest BCUT2D eigenvalue weighted by Gasteiger charge is 1.87. The number of aliphatic imine (C=N–C) groups is 1. The summed E-state index contributed by atoms with van der Waals surface area (Å²) in [5, 5.41) is 2.93. The van der Waals surface area contributed by atoms with E-state index in [4.69, 9.17) is 5.73 Å². The van der Waals surface area contributed by atoms with E-state index in [1.807, 2.05) is 6.20 Å². The van der Waals surface area contributed by atoms with Crippen molar-refractivity contribution in [2.75, 3.05) is 19.6 Å². The number of rotatable bonds is 2. The smallest absolute Gasteiger partial charge is 0.0923 e. The first kappa shape index (κ1) is 9.73. The van der Waals surface area contributed by atoms with Gasteiger partial charge in [-0.25, -0.2) is 4.98 Å². The normalized spacial score (nSPS) is 13.3. The van der Waals surface area contributed by atoms with Gasteiger partial charge in [-0.1, -0.05) is 0 Å². The molecule has 0 saturated heterocycles. The zero-order valence-corrected chi connectivity index (χ0v) is 7.53. The highest BCUT2D eigenvalue weighted by Crippen LogP contribution is 1.88. The van der Waals surface area contributed by atoms with Gasteiger partial charge in [0.15, 0.2) is 0 Å². The standard InChI is InChI=1S/C5H9N3.C3H6N2/c6-2-1-5-3-7-4-8-5;1-2-5-3-4-1/h3-4H,1-2,6H2,(H,7,8);3H,1-2H2,(H,4,5). The van der Waals surface area contributed by atoms with Gasteiger partial charge in [-0.15, -0.1) is 0 Å². The molecule has 0 atom stereocenters. The lowest BCUT2D eigenvalue weighted by Crippen LogP contribution is -2.04. The number of H-pyrrole nitrogens is 1. The van der Waals surface area contributed by atoms with Crippen LogP contribution in [0, 0.1) is 0 Å². The predicted molar refractivity (Wildman–Crippen MR) is 52.7 cm³/mol. The van der Waals surface area contributed by atoms with Crippen LogP contribution >= 0.6 is 0 Å². The van der Waals surface area contributed by atoms with Crippen molar-refractivity contribution in [3.05, 3.63) is 18.2 Å². The van der Waals surface area contributed by atoms with E-state index in [9.17, 15) is 0 Å². The van der Waals surface area contributed by atoms with Gasteiger partial charge in [0.2, 0.25) is 0 Å². The summed E-state index contributed by atoms with van der Waals surface area (Å²) in [7, 11) is 0. The molecule has 0 spiro atoms. The van der Waals surface area contributed by atoms with E-state index in [1.54, 1.807) is 12.7 Å². The Balaban J connectivity index is 0.000000145. The Hall–Kier alpha value is -1.36. The van der Waals surface area contributed by atoms with Crippen molar-refractivity contribution in [2.45, 2.75) is 6.42 Å². The Morgan fingerprint density at radius 3 is 2.85 bits per heavy atom. The first-order valence-corrected chi connectivity index (χ1v) is 4.33. The maximum atomic E-state index is 5.27. The summed E-state index contributed by atoms with van der Waals surface area (Å²) in [5.74, 6) is 0. The summed E-state index contributed by atoms with van der Waals surface area (Å²) in [6, 6.07) is 0. The van der Waals surface area contributed by atoms with Crippen LogP contribution in [-0.4, -0.2) is 35.9 Å². The van der Waals surface area contributed by atoms with E-state index in [2.05, 4.69) is 20.3 Å². The predicted octanol–water partition coefficient (Wildman–Crippen LogP) is -0.471. The van der Waals surface area contributed by atoms with Crippen LogP contribution in [0.25, 0.3) is 0 Å². The lowest BCUT2D eigenvalue weighted by molar-refractivity contribution is 0.935. The molecule has 4 N–H and O–H groups in total. The van der Waals surface area contributed by atoms with Crippen LogP contribution in [0.1, 0.15) is 5.69 Å². The number of hydrogen-bond acceptors (Lipinski definition) is 4. The van der Waals surface area contributed by atoms with E-state index >= 15 is 0 Å². The van der Waals surface area contributed by atoms with E-state index < -0.39 is 0 Å². The van der Waals surface area contributed by atoms with Crippen LogP contribution in [0.3, 0.4) is 0 Å². The molecule has 1 aliphatic heterocycles. The molecule has 0 amide bonds. The van der Waals surface area contributed by atoms with Crippen LogP contribution in [0.2, 0.25) is 0 Å². The number of nitrogens with one attached hydrogen (secondary N) is 2. The Labute approximate surface area is 77.5 Å². The fourth-order valence-corrected chi connectivity index (χ4v) is 0.898. The van der Waals surface area contributed by atoms with Gasteiger partial charge >= 0.3 is 0 Å². The summed E-state index contributed by atoms with van der Waals surface area (Å²) in [6.45, 7) is 2.66. The number of aromatic nitrogens is 2. The SMILES string of the molecule is C1=NCCN1.NCCc1c[nH]cn1. The molecular formula is C8H15N5. The fourth-order valence-electron chi connectivity index (χ4n) is 0.898. The van der Waals surface area contributed by atoms with Gasteiger partial charge in [-0.3, -0.25) is 4.99 Å². The van der Waals surface area contributed by atoms with Crippen molar-refractivity contribution in [1.29, 1.82) is 0 Å². The molecule has 0 unspecified atom stereocenters. The van der Waals surface area contributed by atoms with Gasteiger partial charge in [0, 0.05) is 19.2 Å². The zero-order chi connectivity index (χ0) is 9.36. The largest absolute Gasteiger partial charge is 0.375 e. The first-order chi connectivity index (χ1) is 6.43. The van der Waals surface area contributed by atoms with Crippen molar-refractivity contribution in [3.8, 4) is 0 Å². The number of hydrogen-bond donors (Lipinski definition) is 3. The molecule has 1 aliphatic rings. The van der Waals surface area contributed by atoms with E-state index in [1.165, 1.54) is 0 Å². The van der Waals surface area contributed by atoms with E-state index in [0.29, 0.717) is 6.54 Å². The molecule has 0 bridgehead atoms. The molecule has 0 aromatic carbocycles. The number of nitrogens with two attached hydrogens (primary N) is 1. The second-order valence-electron chi connectivity index (χ2n) is 2.59. The maximum Gasteiger partial charge on any atom is 0.0923 e. The maximum absolute atomic E-state index is 5.27. The second kappa shape index (κ2) is 6.19. The van der Waals surface area contributed by atoms with Gasteiger partial charge in [0.1, 0.15) is 0 Å². The average Bonchev–Trinajstić information content (AvgIpc) is 2.79. The lowest BCUT2D eigenvalue weighted by atomic mass is 10.3. The van der Waals surface area contributed by atoms with Crippen LogP contribution < -0.4 is 11.1 Å². The third-order valence-electron chi connectivity index (χ3n) is 1.52. The van der Waals surface area contributed by atoms with Gasteiger partial charge in [-0.2, -0.15) is 0 Å². The van der Waals surface area contributed by atoms with E-state index in [-0.39, 0.29) is 0 Å². The average molecular weight is 181 g/mol. The molecule has 13 heavy (non-hydrogen) atoms. The Kier molecular flexibility index (Phi) is 4.63. The Bertz CT molecular complexity index is 223. The van der Waals surface area contributed by atoms with Crippen molar-refractivity contribution in [2.24, 2.45) is 10.7 Å². The van der Waals surface area contributed by atoms with Crippen LogP contribution in [-0.2, 0) is 6.42 Å². The monoisotopic (exact) mass is 181 g/mol. The molecule has 0 aliphatic carbocycles. The van der Waals surface area contributed by atoms with Crippen LogP contribution in [0.4, 0.5) is 0 Å². The topological polar surface area (TPSA) is 79.1 Å². The van der Waals surface area contributed by atoms with Gasteiger partial charge in [0.05, 0.1) is 24.9 Å². The van der Waals surface area contributed by atoms with Gasteiger partial charge in [-0.05, 0) is 6.54 Å². The third kappa shape index (κ3) is 4.27. The van der Waals surface area contributed by atoms with Crippen LogP contribution in [0.5, 0.6) is 0 Å². The highest BCUT2D eigenvalue weighted by atomic mass is 15.0. The summed E-state index contributed by atoms with van der Waals surface area (Å²) >= 11 is 0. The summed E-state index contributed by atoms with van der Waals surface area (Å²) in [6.07, 6.45) is 6.11. The summed E-state index contributed by atoms with van der Waals surface area (Å²) in [4.78, 5) is 10.7. The summed E-state index contributed by atoms with van der Waals surface area (Å²) < 4.78 is 0. The number of nitrogens with zero attached hydrogens (tertiary/aromatic N) is 2. The van der Waals surface area contributed by atoms with Crippen LogP contribution in [0.15, 0.2) is 17.5 Å². The first-order valence-electron chi connectivity index (χ1n) is 4.33. The molecule has 1 aromatic heterocycles. The molecule has 2 rings (SSSR count). The Morgan fingerprint density at radius 1 is 1.54 bits per heavy atom. The van der Waals surface area contributed by atoms with Crippen molar-refractivity contribution < 1.29 is 0 Å². The van der Waals surface area contributed by atoms with Gasteiger partial charge in [0.25, 0.3) is 0 Å². The molecule has 72 valence electrons. The zero-order valence-electron chi connectivity index (χ0n) is 7.53. The molecule has 5 nitrogen and oxygen atoms in total. The summed E-state index contributed by atoms with van der Waals surface area (Å²) in [5.41, 5.74) is 6.30. The third-order valence-corrected chi connectivity index (χ3v) is 1.52. The minimum Gasteiger partial charge on any atom is -0.375 e. The Morgan fingerprint density at radius 2 is 2.46 bits per heavy atom. The van der Waals surface area contributed by atoms with Gasteiger partial charge < -0.3 is 16.0 Å². The fraction of sp³-hybridized carbons (Fsp3) is 0.500. The highest BCUT2D eigenvalue weighted by molar-refractivity contribution is 5.56. The molecule has 0 fully saturated rings. The minimum absolute atomic E-state index is 0.671. The van der Waals surface area contributed by atoms with E-state index in [0.717, 1.165) is 25.2 Å². The molecule has 0 radical (unpaired) electrons. The molecule has 1 aromatic rings. The molecule has 2 heterocycles.